The SMILES string of the molecule is CCCCCCOOCCCCCC.OCCO. The summed E-state index contributed by atoms with van der Waals surface area (Å²) in [7, 11) is 0. The zero-order valence-electron chi connectivity index (χ0n) is 12.2. The van der Waals surface area contributed by atoms with Crippen LogP contribution in [0.3, 0.4) is 0 Å². The smallest absolute Gasteiger partial charge is 0.0822 e. The lowest BCUT2D eigenvalue weighted by molar-refractivity contribution is -0.295. The van der Waals surface area contributed by atoms with Crippen molar-refractivity contribution in [1.82, 2.24) is 0 Å². The van der Waals surface area contributed by atoms with Gasteiger partial charge in [-0.15, -0.1) is 0 Å². The lowest BCUT2D eigenvalue weighted by atomic mass is 10.2. The van der Waals surface area contributed by atoms with Gasteiger partial charge in [0.25, 0.3) is 0 Å². The molecule has 0 spiro atoms. The Morgan fingerprint density at radius 1 is 0.611 bits per heavy atom. The number of aliphatic hydroxyl groups excluding tert-OH is 2. The highest BCUT2D eigenvalue weighted by atomic mass is 17.2. The van der Waals surface area contributed by atoms with Crippen LogP contribution in [0.2, 0.25) is 0 Å². The van der Waals surface area contributed by atoms with Gasteiger partial charge in [-0.3, -0.25) is 0 Å². The van der Waals surface area contributed by atoms with E-state index in [4.69, 9.17) is 20.0 Å². The minimum Gasteiger partial charge on any atom is -0.394 e. The van der Waals surface area contributed by atoms with Crippen LogP contribution in [0.5, 0.6) is 0 Å². The molecule has 0 aromatic carbocycles. The summed E-state index contributed by atoms with van der Waals surface area (Å²) in [6.45, 7) is 5.69. The third kappa shape index (κ3) is 24.9. The number of aliphatic hydroxyl groups is 2. The monoisotopic (exact) mass is 264 g/mol. The third-order valence-electron chi connectivity index (χ3n) is 2.35. The molecular formula is C14H32O4. The maximum Gasteiger partial charge on any atom is 0.0822 e. The first-order valence-electron chi connectivity index (χ1n) is 7.29. The van der Waals surface area contributed by atoms with Crippen LogP contribution in [-0.4, -0.2) is 36.6 Å². The van der Waals surface area contributed by atoms with E-state index in [2.05, 4.69) is 13.8 Å². The molecule has 0 aliphatic heterocycles. The Morgan fingerprint density at radius 3 is 1.28 bits per heavy atom. The predicted octanol–water partition coefficient (Wildman–Crippen LogP) is 3.07. The van der Waals surface area contributed by atoms with Gasteiger partial charge < -0.3 is 10.2 Å². The van der Waals surface area contributed by atoms with Crippen molar-refractivity contribution in [2.24, 2.45) is 0 Å². The fourth-order valence-corrected chi connectivity index (χ4v) is 1.29. The zero-order chi connectivity index (χ0) is 13.9. The summed E-state index contributed by atoms with van der Waals surface area (Å²) in [6, 6.07) is 0. The van der Waals surface area contributed by atoms with Crippen molar-refractivity contribution >= 4 is 0 Å². The van der Waals surface area contributed by atoms with Crippen LogP contribution in [0.15, 0.2) is 0 Å². The predicted molar refractivity (Wildman–Crippen MR) is 74.4 cm³/mol. The van der Waals surface area contributed by atoms with Gasteiger partial charge in [0, 0.05) is 0 Å². The van der Waals surface area contributed by atoms with Crippen LogP contribution in [0.4, 0.5) is 0 Å². The van der Waals surface area contributed by atoms with Gasteiger partial charge in [0.1, 0.15) is 0 Å². The second-order valence-corrected chi connectivity index (χ2v) is 4.21. The van der Waals surface area contributed by atoms with Crippen molar-refractivity contribution < 1.29 is 20.0 Å². The molecule has 4 heteroatoms. The van der Waals surface area contributed by atoms with Gasteiger partial charge in [0.05, 0.1) is 26.4 Å². The molecule has 112 valence electrons. The minimum atomic E-state index is -0.125. The molecule has 0 aliphatic carbocycles. The minimum absolute atomic E-state index is 0.125. The maximum absolute atomic E-state index is 7.62. The summed E-state index contributed by atoms with van der Waals surface area (Å²) in [4.78, 5) is 10.1. The van der Waals surface area contributed by atoms with Crippen LogP contribution in [0.1, 0.15) is 65.2 Å². The van der Waals surface area contributed by atoms with Crippen molar-refractivity contribution in [2.75, 3.05) is 26.4 Å². The first-order chi connectivity index (χ1) is 8.83. The van der Waals surface area contributed by atoms with E-state index in [-0.39, 0.29) is 13.2 Å². The highest BCUT2D eigenvalue weighted by molar-refractivity contribution is 4.38. The Labute approximate surface area is 112 Å². The molecule has 0 aliphatic rings. The summed E-state index contributed by atoms with van der Waals surface area (Å²) in [5, 5.41) is 15.2. The van der Waals surface area contributed by atoms with Crippen LogP contribution in [0, 0.1) is 0 Å². The molecule has 0 saturated carbocycles. The molecule has 0 aromatic rings. The number of unbranched alkanes of at least 4 members (excludes halogenated alkanes) is 6. The molecule has 18 heavy (non-hydrogen) atoms. The molecule has 0 aromatic heterocycles. The molecule has 2 N–H and O–H groups in total. The summed E-state index contributed by atoms with van der Waals surface area (Å²) in [6.07, 6.45) is 9.94. The molecule has 0 fully saturated rings. The second kappa shape index (κ2) is 22.1. The average molecular weight is 264 g/mol. The van der Waals surface area contributed by atoms with E-state index < -0.39 is 0 Å². The van der Waals surface area contributed by atoms with E-state index in [1.165, 1.54) is 38.5 Å². The Balaban J connectivity index is 0. The van der Waals surface area contributed by atoms with Crippen molar-refractivity contribution in [1.29, 1.82) is 0 Å². The molecule has 0 unspecified atom stereocenters. The summed E-state index contributed by atoms with van der Waals surface area (Å²) < 4.78 is 0. The molecule has 0 amide bonds. The summed E-state index contributed by atoms with van der Waals surface area (Å²) >= 11 is 0. The van der Waals surface area contributed by atoms with E-state index >= 15 is 0 Å². The van der Waals surface area contributed by atoms with Crippen molar-refractivity contribution in [2.45, 2.75) is 65.2 Å². The van der Waals surface area contributed by atoms with Gasteiger partial charge >= 0.3 is 0 Å². The normalized spacial score (nSPS) is 10.0. The van der Waals surface area contributed by atoms with E-state index in [1.807, 2.05) is 0 Å². The number of rotatable bonds is 12. The number of hydrogen-bond donors (Lipinski definition) is 2. The van der Waals surface area contributed by atoms with Gasteiger partial charge in [-0.1, -0.05) is 52.4 Å². The van der Waals surface area contributed by atoms with Gasteiger partial charge in [-0.25, -0.2) is 9.78 Å². The van der Waals surface area contributed by atoms with Crippen molar-refractivity contribution in [3.63, 3.8) is 0 Å². The van der Waals surface area contributed by atoms with Gasteiger partial charge in [0.15, 0.2) is 0 Å². The van der Waals surface area contributed by atoms with E-state index in [0.717, 1.165) is 26.1 Å². The Morgan fingerprint density at radius 2 is 1.00 bits per heavy atom. The fourth-order valence-electron chi connectivity index (χ4n) is 1.29. The van der Waals surface area contributed by atoms with Crippen molar-refractivity contribution in [3.8, 4) is 0 Å². The van der Waals surface area contributed by atoms with Gasteiger partial charge in [0.2, 0.25) is 0 Å². The van der Waals surface area contributed by atoms with Crippen LogP contribution in [0.25, 0.3) is 0 Å². The Bertz CT molecular complexity index is 106. The zero-order valence-corrected chi connectivity index (χ0v) is 12.2. The lowest BCUT2D eigenvalue weighted by Crippen LogP contribution is -1.98. The molecule has 0 atom stereocenters. The first-order valence-corrected chi connectivity index (χ1v) is 7.29. The molecule has 0 heterocycles. The largest absolute Gasteiger partial charge is 0.394 e. The molecule has 0 saturated heterocycles. The van der Waals surface area contributed by atoms with E-state index in [1.54, 1.807) is 0 Å². The van der Waals surface area contributed by atoms with E-state index in [9.17, 15) is 0 Å². The van der Waals surface area contributed by atoms with E-state index in [0.29, 0.717) is 0 Å². The van der Waals surface area contributed by atoms with Crippen LogP contribution >= 0.6 is 0 Å². The summed E-state index contributed by atoms with van der Waals surface area (Å²) in [5.41, 5.74) is 0. The molecular weight excluding hydrogens is 232 g/mol. The number of hydrogen-bond acceptors (Lipinski definition) is 4. The highest BCUT2D eigenvalue weighted by Crippen LogP contribution is 2.01. The molecule has 4 nitrogen and oxygen atoms in total. The summed E-state index contributed by atoms with van der Waals surface area (Å²) in [5.74, 6) is 0. The average Bonchev–Trinajstić information content (AvgIpc) is 2.41. The topological polar surface area (TPSA) is 58.9 Å². The molecule has 0 radical (unpaired) electrons. The second-order valence-electron chi connectivity index (χ2n) is 4.21. The maximum atomic E-state index is 7.62. The first kappa shape index (κ1) is 20.2. The van der Waals surface area contributed by atoms with Gasteiger partial charge in [-0.2, -0.15) is 0 Å². The molecule has 0 bridgehead atoms. The Hall–Kier alpha value is -0.160. The van der Waals surface area contributed by atoms with Crippen LogP contribution < -0.4 is 0 Å². The quantitative estimate of drug-likeness (QED) is 0.323. The van der Waals surface area contributed by atoms with Crippen molar-refractivity contribution in [3.05, 3.63) is 0 Å². The third-order valence-corrected chi connectivity index (χ3v) is 2.35. The van der Waals surface area contributed by atoms with Gasteiger partial charge in [-0.05, 0) is 12.8 Å². The fraction of sp³-hybridized carbons (Fsp3) is 1.00. The molecule has 0 rings (SSSR count). The van der Waals surface area contributed by atoms with Crippen LogP contribution in [-0.2, 0) is 9.78 Å². The lowest BCUT2D eigenvalue weighted by Gasteiger charge is -2.03. The standard InChI is InChI=1S/C12H26O2.C2H6O2/c1-3-5-7-9-11-13-14-12-10-8-6-4-2;3-1-2-4/h3-12H2,1-2H3;3-4H,1-2H2. The Kier molecular flexibility index (Phi) is 24.7. The highest BCUT2D eigenvalue weighted by Gasteiger charge is 1.91.